The maximum Gasteiger partial charge on any atom is 0.308 e. The molecule has 0 aliphatic carbocycles. The molecule has 3 nitrogen and oxygen atoms in total. The minimum absolute atomic E-state index is 0.0160. The molecule has 1 rings (SSSR count). The van der Waals surface area contributed by atoms with Crippen LogP contribution in [-0.2, 0) is 16.0 Å². The van der Waals surface area contributed by atoms with Crippen molar-refractivity contribution in [3.63, 3.8) is 0 Å². The minimum atomic E-state index is -0.774. The first-order chi connectivity index (χ1) is 8.67. The average molecular weight is 250 g/mol. The third kappa shape index (κ3) is 4.88. The number of ether oxygens (including phenoxy) is 1. The normalized spacial score (nSPS) is 12.2. The monoisotopic (exact) mass is 250 g/mol. The molecule has 1 unspecified atom stereocenters. The van der Waals surface area contributed by atoms with Gasteiger partial charge in [-0.15, -0.1) is 0 Å². The van der Waals surface area contributed by atoms with Crippen LogP contribution in [0.1, 0.15) is 50.3 Å². The Balaban J connectivity index is 2.53. The van der Waals surface area contributed by atoms with Crippen molar-refractivity contribution in [3.05, 3.63) is 35.4 Å². The Morgan fingerprint density at radius 2 is 1.94 bits per heavy atom. The van der Waals surface area contributed by atoms with Crippen LogP contribution in [0.3, 0.4) is 0 Å². The number of hydrogen-bond acceptors (Lipinski definition) is 3. The Morgan fingerprint density at radius 3 is 2.50 bits per heavy atom. The van der Waals surface area contributed by atoms with E-state index in [0.717, 1.165) is 12.0 Å². The highest BCUT2D eigenvalue weighted by atomic mass is 16.5. The predicted octanol–water partition coefficient (Wildman–Crippen LogP) is 3.02. The first kappa shape index (κ1) is 14.7. The van der Waals surface area contributed by atoms with E-state index in [2.05, 4.69) is 6.92 Å². The molecular formula is C15H22O3. The smallest absolute Gasteiger partial charge is 0.308 e. The summed E-state index contributed by atoms with van der Waals surface area (Å²) in [5, 5.41) is 9.88. The number of aryl methyl sites for hydroxylation is 1. The molecule has 0 aliphatic heterocycles. The van der Waals surface area contributed by atoms with E-state index in [-0.39, 0.29) is 12.4 Å². The Kier molecular flexibility index (Phi) is 6.44. The average Bonchev–Trinajstić information content (AvgIpc) is 2.37. The van der Waals surface area contributed by atoms with E-state index in [9.17, 15) is 9.90 Å². The number of unbranched alkanes of at least 4 members (excludes halogenated alkanes) is 1. The van der Waals surface area contributed by atoms with Crippen molar-refractivity contribution >= 4 is 5.97 Å². The van der Waals surface area contributed by atoms with Gasteiger partial charge in [-0.1, -0.05) is 37.6 Å². The lowest BCUT2D eigenvalue weighted by molar-refractivity contribution is -0.145. The van der Waals surface area contributed by atoms with Crippen molar-refractivity contribution in [2.24, 2.45) is 0 Å². The first-order valence-corrected chi connectivity index (χ1v) is 6.59. The molecule has 0 aliphatic rings. The number of aliphatic hydroxyl groups excluding tert-OH is 1. The highest BCUT2D eigenvalue weighted by Gasteiger charge is 2.13. The van der Waals surface area contributed by atoms with Crippen LogP contribution in [-0.4, -0.2) is 17.7 Å². The Labute approximate surface area is 109 Å². The van der Waals surface area contributed by atoms with Crippen LogP contribution in [0.4, 0.5) is 0 Å². The summed E-state index contributed by atoms with van der Waals surface area (Å²) in [6.45, 7) is 4.27. The van der Waals surface area contributed by atoms with Gasteiger partial charge in [0.2, 0.25) is 0 Å². The molecule has 0 fully saturated rings. The van der Waals surface area contributed by atoms with Gasteiger partial charge in [-0.25, -0.2) is 0 Å². The van der Waals surface area contributed by atoms with E-state index in [4.69, 9.17) is 4.74 Å². The van der Waals surface area contributed by atoms with Crippen molar-refractivity contribution in [1.82, 2.24) is 0 Å². The molecular weight excluding hydrogens is 228 g/mol. The molecule has 100 valence electrons. The van der Waals surface area contributed by atoms with Crippen molar-refractivity contribution < 1.29 is 14.6 Å². The zero-order valence-corrected chi connectivity index (χ0v) is 11.2. The fraction of sp³-hybridized carbons (Fsp3) is 0.533. The number of hydrogen-bond donors (Lipinski definition) is 1. The van der Waals surface area contributed by atoms with Gasteiger partial charge in [-0.3, -0.25) is 4.79 Å². The van der Waals surface area contributed by atoms with Crippen LogP contribution < -0.4 is 0 Å². The lowest BCUT2D eigenvalue weighted by atomic mass is 10.0. The fourth-order valence-corrected chi connectivity index (χ4v) is 1.78. The van der Waals surface area contributed by atoms with Gasteiger partial charge in [-0.2, -0.15) is 0 Å². The highest BCUT2D eigenvalue weighted by molar-refractivity contribution is 5.70. The second-order valence-corrected chi connectivity index (χ2v) is 4.37. The van der Waals surface area contributed by atoms with E-state index < -0.39 is 6.10 Å². The molecule has 0 bridgehead atoms. The summed E-state index contributed by atoms with van der Waals surface area (Å²) < 4.78 is 4.81. The van der Waals surface area contributed by atoms with Crippen LogP contribution in [0.25, 0.3) is 0 Å². The van der Waals surface area contributed by atoms with Crippen molar-refractivity contribution in [1.29, 1.82) is 0 Å². The molecule has 0 amide bonds. The zero-order valence-electron chi connectivity index (χ0n) is 11.2. The minimum Gasteiger partial charge on any atom is -0.466 e. The SMILES string of the molecule is CCCCc1ccc(C(O)CC(=O)OCC)cc1. The van der Waals surface area contributed by atoms with Gasteiger partial charge in [0.1, 0.15) is 0 Å². The molecule has 0 spiro atoms. The van der Waals surface area contributed by atoms with Crippen LogP contribution in [0.15, 0.2) is 24.3 Å². The van der Waals surface area contributed by atoms with Gasteiger partial charge >= 0.3 is 5.97 Å². The summed E-state index contributed by atoms with van der Waals surface area (Å²) in [7, 11) is 0. The zero-order chi connectivity index (χ0) is 13.4. The largest absolute Gasteiger partial charge is 0.466 e. The topological polar surface area (TPSA) is 46.5 Å². The van der Waals surface area contributed by atoms with Gasteiger partial charge in [0, 0.05) is 0 Å². The van der Waals surface area contributed by atoms with E-state index in [1.54, 1.807) is 6.92 Å². The fourth-order valence-electron chi connectivity index (χ4n) is 1.78. The quantitative estimate of drug-likeness (QED) is 0.757. The third-order valence-electron chi connectivity index (χ3n) is 2.85. The van der Waals surface area contributed by atoms with Gasteiger partial charge < -0.3 is 9.84 Å². The Bertz CT molecular complexity index is 357. The number of benzene rings is 1. The van der Waals surface area contributed by atoms with Crippen molar-refractivity contribution in [3.8, 4) is 0 Å². The summed E-state index contributed by atoms with van der Waals surface area (Å²) in [4.78, 5) is 11.3. The van der Waals surface area contributed by atoms with Crippen LogP contribution >= 0.6 is 0 Å². The van der Waals surface area contributed by atoms with E-state index >= 15 is 0 Å². The third-order valence-corrected chi connectivity index (χ3v) is 2.85. The maximum atomic E-state index is 11.3. The number of carbonyl (C=O) groups is 1. The number of esters is 1. The van der Waals surface area contributed by atoms with E-state index in [1.807, 2.05) is 24.3 Å². The van der Waals surface area contributed by atoms with Gasteiger partial charge in [0.05, 0.1) is 19.1 Å². The van der Waals surface area contributed by atoms with Crippen LogP contribution in [0.2, 0.25) is 0 Å². The molecule has 0 heterocycles. The molecule has 18 heavy (non-hydrogen) atoms. The van der Waals surface area contributed by atoms with Gasteiger partial charge in [-0.05, 0) is 30.9 Å². The molecule has 0 saturated heterocycles. The number of aliphatic hydroxyl groups is 1. The molecule has 0 radical (unpaired) electrons. The number of rotatable bonds is 7. The second-order valence-electron chi connectivity index (χ2n) is 4.37. The molecule has 0 saturated carbocycles. The predicted molar refractivity (Wildman–Crippen MR) is 71.3 cm³/mol. The van der Waals surface area contributed by atoms with Crippen molar-refractivity contribution in [2.75, 3.05) is 6.61 Å². The molecule has 1 N–H and O–H groups in total. The van der Waals surface area contributed by atoms with Gasteiger partial charge in [0.15, 0.2) is 0 Å². The van der Waals surface area contributed by atoms with E-state index in [0.29, 0.717) is 6.61 Å². The van der Waals surface area contributed by atoms with Gasteiger partial charge in [0.25, 0.3) is 0 Å². The molecule has 1 atom stereocenters. The summed E-state index contributed by atoms with van der Waals surface area (Å²) in [6.07, 6.45) is 2.65. The Morgan fingerprint density at radius 1 is 1.28 bits per heavy atom. The van der Waals surface area contributed by atoms with Crippen LogP contribution in [0, 0.1) is 0 Å². The summed E-state index contributed by atoms with van der Waals surface area (Å²) >= 11 is 0. The molecule has 1 aromatic carbocycles. The summed E-state index contributed by atoms with van der Waals surface area (Å²) in [5.74, 6) is -0.361. The first-order valence-electron chi connectivity index (χ1n) is 6.59. The second kappa shape index (κ2) is 7.88. The molecule has 3 heteroatoms. The van der Waals surface area contributed by atoms with E-state index in [1.165, 1.54) is 18.4 Å². The van der Waals surface area contributed by atoms with Crippen LogP contribution in [0.5, 0.6) is 0 Å². The number of carbonyl (C=O) groups excluding carboxylic acids is 1. The molecule has 0 aromatic heterocycles. The highest BCUT2D eigenvalue weighted by Crippen LogP contribution is 2.18. The lowest BCUT2D eigenvalue weighted by Crippen LogP contribution is -2.10. The Hall–Kier alpha value is -1.35. The summed E-state index contributed by atoms with van der Waals surface area (Å²) in [5.41, 5.74) is 2.03. The maximum absolute atomic E-state index is 11.3. The van der Waals surface area contributed by atoms with Crippen molar-refractivity contribution in [2.45, 2.75) is 45.6 Å². The summed E-state index contributed by atoms with van der Waals surface area (Å²) in [6, 6.07) is 7.79. The lowest BCUT2D eigenvalue weighted by Gasteiger charge is -2.11. The standard InChI is InChI=1S/C15H22O3/c1-3-5-6-12-7-9-13(10-8-12)14(16)11-15(17)18-4-2/h7-10,14,16H,3-6,11H2,1-2H3. The molecule has 1 aromatic rings.